The maximum absolute atomic E-state index is 11.4. The normalized spacial score (nSPS) is 10.6. The Bertz CT molecular complexity index is 464. The van der Waals surface area contributed by atoms with Gasteiger partial charge in [-0.2, -0.15) is 5.26 Å². The molecular weight excluding hydrogens is 224 g/mol. The Morgan fingerprint density at radius 3 is 2.64 bits per heavy atom. The minimum Gasteiger partial charge on any atom is -0.215 e. The van der Waals surface area contributed by atoms with Gasteiger partial charge in [0.1, 0.15) is 0 Å². The first-order valence-corrected chi connectivity index (χ1v) is 5.68. The number of rotatable bonds is 3. The van der Waals surface area contributed by atoms with E-state index in [-0.39, 0.29) is 10.8 Å². The summed E-state index contributed by atoms with van der Waals surface area (Å²) >= 11 is 5.56. The summed E-state index contributed by atoms with van der Waals surface area (Å²) in [6.45, 7) is 0. The lowest BCUT2D eigenvalue weighted by atomic mass is 10.2. The first-order chi connectivity index (χ1) is 6.61. The van der Waals surface area contributed by atoms with E-state index in [9.17, 15) is 8.42 Å². The van der Waals surface area contributed by atoms with Crippen LogP contribution in [0.1, 0.15) is 5.56 Å². The molecule has 0 saturated heterocycles. The van der Waals surface area contributed by atoms with Crippen LogP contribution in [0.2, 0.25) is 0 Å². The van der Waals surface area contributed by atoms with E-state index in [0.29, 0.717) is 5.56 Å². The van der Waals surface area contributed by atoms with E-state index < -0.39 is 10.0 Å². The van der Waals surface area contributed by atoms with Crippen molar-refractivity contribution in [1.82, 2.24) is 4.72 Å². The molecule has 0 aliphatic carbocycles. The minimum absolute atomic E-state index is 0.0385. The van der Waals surface area contributed by atoms with Crippen molar-refractivity contribution in [2.75, 3.05) is 0 Å². The highest BCUT2D eigenvalue weighted by Crippen LogP contribution is 2.16. The molecule has 1 N–H and O–H groups in total. The van der Waals surface area contributed by atoms with Crippen LogP contribution in [0.25, 0.3) is 0 Å². The molecule has 4 nitrogen and oxygen atoms in total. The predicted molar refractivity (Wildman–Crippen MR) is 51.9 cm³/mol. The van der Waals surface area contributed by atoms with Gasteiger partial charge in [-0.25, -0.2) is 13.1 Å². The van der Waals surface area contributed by atoms with Crippen LogP contribution >= 0.6 is 11.6 Å². The molecule has 74 valence electrons. The maximum Gasteiger partial charge on any atom is 0.270 e. The number of nitriles is 1. The van der Waals surface area contributed by atoms with Gasteiger partial charge in [-0.1, -0.05) is 18.2 Å². The lowest BCUT2D eigenvalue weighted by Crippen LogP contribution is -2.19. The summed E-state index contributed by atoms with van der Waals surface area (Å²) in [5.41, 5.74) is 0.469. The molecule has 0 amide bonds. The average Bonchev–Trinajstić information content (AvgIpc) is 2.18. The fourth-order valence-electron chi connectivity index (χ4n) is 0.991. The van der Waals surface area contributed by atoms with Gasteiger partial charge in [0.25, 0.3) is 10.0 Å². The molecule has 0 radical (unpaired) electrons. The van der Waals surface area contributed by atoms with Crippen molar-refractivity contribution in [3.8, 4) is 6.19 Å². The van der Waals surface area contributed by atoms with Crippen molar-refractivity contribution in [2.45, 2.75) is 10.8 Å². The molecule has 0 bridgehead atoms. The second-order valence-corrected chi connectivity index (χ2v) is 4.38. The van der Waals surface area contributed by atoms with Gasteiger partial charge in [0.05, 0.1) is 4.90 Å². The van der Waals surface area contributed by atoms with Crippen LogP contribution in [0.4, 0.5) is 0 Å². The molecule has 1 rings (SSSR count). The highest BCUT2D eigenvalue weighted by atomic mass is 35.5. The van der Waals surface area contributed by atoms with Crippen LogP contribution < -0.4 is 4.72 Å². The number of nitrogens with zero attached hydrogens (tertiary/aromatic N) is 1. The second-order valence-electron chi connectivity index (χ2n) is 2.46. The van der Waals surface area contributed by atoms with E-state index in [1.165, 1.54) is 12.3 Å². The van der Waals surface area contributed by atoms with E-state index in [1.54, 1.807) is 22.9 Å². The molecule has 1 aromatic carbocycles. The molecular formula is C8H7ClN2O2S. The van der Waals surface area contributed by atoms with E-state index in [0.717, 1.165) is 0 Å². The Hall–Kier alpha value is -1.25. The lowest BCUT2D eigenvalue weighted by Gasteiger charge is -2.05. The van der Waals surface area contributed by atoms with Gasteiger partial charge < -0.3 is 0 Å². The zero-order valence-electron chi connectivity index (χ0n) is 7.07. The second kappa shape index (κ2) is 4.31. The monoisotopic (exact) mass is 230 g/mol. The molecule has 0 spiro atoms. The van der Waals surface area contributed by atoms with Gasteiger partial charge in [-0.15, -0.1) is 11.6 Å². The topological polar surface area (TPSA) is 70.0 Å². The SMILES string of the molecule is N#CNS(=O)(=O)c1ccccc1CCl. The predicted octanol–water partition coefficient (Wildman–Crippen LogP) is 1.18. The molecule has 0 atom stereocenters. The van der Waals surface area contributed by atoms with Crippen LogP contribution in [0, 0.1) is 11.5 Å². The molecule has 0 unspecified atom stereocenters. The van der Waals surface area contributed by atoms with Crippen LogP contribution in [-0.4, -0.2) is 8.42 Å². The summed E-state index contributed by atoms with van der Waals surface area (Å²) in [5, 5.41) is 8.25. The largest absolute Gasteiger partial charge is 0.270 e. The first kappa shape index (κ1) is 10.8. The molecule has 0 aromatic heterocycles. The third kappa shape index (κ3) is 2.16. The summed E-state index contributed by atoms with van der Waals surface area (Å²) in [4.78, 5) is 0.0385. The van der Waals surface area contributed by atoms with Crippen molar-refractivity contribution < 1.29 is 8.42 Å². The summed E-state index contributed by atoms with van der Waals surface area (Å²) in [6, 6.07) is 6.25. The number of hydrogen-bond acceptors (Lipinski definition) is 3. The van der Waals surface area contributed by atoms with Gasteiger partial charge in [0.2, 0.25) is 0 Å². The number of benzene rings is 1. The summed E-state index contributed by atoms with van der Waals surface area (Å²) in [5.74, 6) is 0.0858. The summed E-state index contributed by atoms with van der Waals surface area (Å²) in [7, 11) is -3.75. The van der Waals surface area contributed by atoms with E-state index in [1.807, 2.05) is 0 Å². The molecule has 6 heteroatoms. The molecule has 0 saturated carbocycles. The van der Waals surface area contributed by atoms with Crippen molar-refractivity contribution in [3.05, 3.63) is 29.8 Å². The Labute approximate surface area is 87.2 Å². The third-order valence-electron chi connectivity index (χ3n) is 1.59. The van der Waals surface area contributed by atoms with Gasteiger partial charge in [-0.05, 0) is 11.6 Å². The van der Waals surface area contributed by atoms with Crippen molar-refractivity contribution in [1.29, 1.82) is 5.26 Å². The smallest absolute Gasteiger partial charge is 0.215 e. The molecule has 1 aromatic rings. The maximum atomic E-state index is 11.4. The fourth-order valence-corrected chi connectivity index (χ4v) is 2.28. The Morgan fingerprint density at radius 2 is 2.07 bits per heavy atom. The van der Waals surface area contributed by atoms with Crippen LogP contribution in [0.3, 0.4) is 0 Å². The number of nitrogens with one attached hydrogen (secondary N) is 1. The molecule has 0 aliphatic heterocycles. The number of hydrogen-bond donors (Lipinski definition) is 1. The van der Waals surface area contributed by atoms with Crippen LogP contribution in [0.5, 0.6) is 0 Å². The zero-order chi connectivity index (χ0) is 10.6. The molecule has 0 fully saturated rings. The summed E-state index contributed by atoms with van der Waals surface area (Å²) in [6.07, 6.45) is 1.38. The standard InChI is InChI=1S/C8H7ClN2O2S/c9-5-7-3-1-2-4-8(7)14(12,13)11-6-10/h1-4,11H,5H2. The van der Waals surface area contributed by atoms with E-state index >= 15 is 0 Å². The van der Waals surface area contributed by atoms with E-state index in [4.69, 9.17) is 16.9 Å². The van der Waals surface area contributed by atoms with Crippen molar-refractivity contribution in [2.24, 2.45) is 0 Å². The zero-order valence-corrected chi connectivity index (χ0v) is 8.64. The van der Waals surface area contributed by atoms with Gasteiger partial charge in [-0.3, -0.25) is 0 Å². The highest BCUT2D eigenvalue weighted by molar-refractivity contribution is 7.89. The molecule has 0 aliphatic rings. The van der Waals surface area contributed by atoms with E-state index in [2.05, 4.69) is 0 Å². The van der Waals surface area contributed by atoms with Crippen molar-refractivity contribution in [3.63, 3.8) is 0 Å². The quantitative estimate of drug-likeness (QED) is 0.482. The van der Waals surface area contributed by atoms with Gasteiger partial charge in [0, 0.05) is 5.88 Å². The number of alkyl halides is 1. The lowest BCUT2D eigenvalue weighted by molar-refractivity contribution is 0.590. The Morgan fingerprint density at radius 1 is 1.43 bits per heavy atom. The highest BCUT2D eigenvalue weighted by Gasteiger charge is 2.16. The number of sulfonamides is 1. The van der Waals surface area contributed by atoms with Gasteiger partial charge >= 0.3 is 0 Å². The fraction of sp³-hybridized carbons (Fsp3) is 0.125. The Kier molecular flexibility index (Phi) is 3.33. The third-order valence-corrected chi connectivity index (χ3v) is 3.21. The minimum atomic E-state index is -3.75. The number of halogens is 1. The molecule has 14 heavy (non-hydrogen) atoms. The first-order valence-electron chi connectivity index (χ1n) is 3.66. The Balaban J connectivity index is 3.26. The van der Waals surface area contributed by atoms with Crippen LogP contribution in [0.15, 0.2) is 29.2 Å². The van der Waals surface area contributed by atoms with Crippen LogP contribution in [-0.2, 0) is 15.9 Å². The van der Waals surface area contributed by atoms with Gasteiger partial charge in [0.15, 0.2) is 6.19 Å². The average molecular weight is 231 g/mol. The van der Waals surface area contributed by atoms with Crippen molar-refractivity contribution >= 4 is 21.6 Å². The summed E-state index contributed by atoms with van der Waals surface area (Å²) < 4.78 is 24.6. The molecule has 0 heterocycles.